The topological polar surface area (TPSA) is 12.0 Å². The maximum atomic E-state index is 8.83. The van der Waals surface area contributed by atoms with Gasteiger partial charge in [0.05, 0.1) is 31.5 Å². The Hall–Kier alpha value is -4.36. The highest BCUT2D eigenvalue weighted by atomic mass is 14.9. The minimum absolute atomic E-state index is 0.466. The van der Waals surface area contributed by atoms with Gasteiger partial charge in [-0.05, 0) is 63.5 Å². The van der Waals surface area contributed by atoms with Gasteiger partial charge in [-0.3, -0.25) is 0 Å². The summed E-state index contributed by atoms with van der Waals surface area (Å²) in [5.74, 6) is 0. The minimum atomic E-state index is -1.86. The maximum absolute atomic E-state index is 8.83. The van der Waals surface area contributed by atoms with Crippen LogP contribution in [0, 0.1) is 0 Å². The van der Waals surface area contributed by atoms with E-state index in [2.05, 4.69) is 5.32 Å². The van der Waals surface area contributed by atoms with Crippen molar-refractivity contribution >= 4 is 17.3 Å². The Morgan fingerprint density at radius 3 is 2.26 bits per heavy atom. The van der Waals surface area contributed by atoms with E-state index in [1.807, 2.05) is 0 Å². The predicted molar refractivity (Wildman–Crippen MR) is 152 cm³/mol. The van der Waals surface area contributed by atoms with Crippen LogP contribution in [0.3, 0.4) is 0 Å². The zero-order chi connectivity index (χ0) is 44.6. The number of hydrogen-bond acceptors (Lipinski definition) is 1. The Bertz CT molecular complexity index is 2550. The van der Waals surface area contributed by atoms with Crippen LogP contribution in [0.25, 0.3) is 33.9 Å². The Morgan fingerprint density at radius 1 is 0.829 bits per heavy atom. The SMILES string of the molecule is [2H]C=C([2H])/C([2H])=C(/[2H])c1cc(-c2c([2H])c([2H])c(-c3c([2H])c([2H])c(NC4C([2H])=C([2H])C(c5c([2H])c([2H])c([2H])c([2H])c5[2H])=C([2H])C4[2H])c([2H])c3[2H])c([2H])c2[2H])c([2H])c([2H])c1[2H]. The lowest BCUT2D eigenvalue weighted by atomic mass is 9.97. The minimum Gasteiger partial charge on any atom is -0.379 e. The van der Waals surface area contributed by atoms with E-state index in [0.717, 1.165) is 6.07 Å². The first-order valence-corrected chi connectivity index (χ1v) is 10.1. The first kappa shape index (κ1) is 7.83. The molecule has 1 N–H and O–H groups in total. The molecule has 0 amide bonds. The zero-order valence-electron chi connectivity index (χ0n) is 41.8. The van der Waals surface area contributed by atoms with Crippen LogP contribution in [0.1, 0.15) is 50.4 Å². The number of benzene rings is 4. The van der Waals surface area contributed by atoms with Crippen LogP contribution in [-0.2, 0) is 0 Å². The molecule has 0 heterocycles. The molecule has 0 spiro atoms. The van der Waals surface area contributed by atoms with Gasteiger partial charge in [0, 0.05) is 13.1 Å². The lowest BCUT2D eigenvalue weighted by Gasteiger charge is -2.19. The normalized spacial score (nSPS) is 28.9. The van der Waals surface area contributed by atoms with Crippen molar-refractivity contribution in [1.29, 1.82) is 0 Å². The molecule has 2 atom stereocenters. The highest BCUT2D eigenvalue weighted by molar-refractivity contribution is 5.76. The van der Waals surface area contributed by atoms with Crippen molar-refractivity contribution in [3.05, 3.63) is 151 Å². The summed E-state index contributed by atoms with van der Waals surface area (Å²) in [6.45, 7) is 0.466. The van der Waals surface area contributed by atoms with E-state index in [4.69, 9.17) is 32.9 Å². The first-order chi connectivity index (χ1) is 27.4. The number of anilines is 1. The second-order valence-corrected chi connectivity index (χ2v) is 6.82. The van der Waals surface area contributed by atoms with Crippen molar-refractivity contribution in [2.24, 2.45) is 0 Å². The van der Waals surface area contributed by atoms with Crippen molar-refractivity contribution in [2.75, 3.05) is 5.32 Å². The number of allylic oxidation sites excluding steroid dienone is 4. The summed E-state index contributed by atoms with van der Waals surface area (Å²) in [5, 5.41) is 2.50. The van der Waals surface area contributed by atoms with Gasteiger partial charge in [0.15, 0.2) is 0 Å². The molecule has 0 saturated heterocycles. The summed E-state index contributed by atoms with van der Waals surface area (Å²) >= 11 is 0. The summed E-state index contributed by atoms with van der Waals surface area (Å²) < 4.78 is 202. The van der Waals surface area contributed by atoms with Gasteiger partial charge in [-0.15, -0.1) is 0 Å². The Balaban J connectivity index is 1.66. The van der Waals surface area contributed by atoms with Crippen LogP contribution in [0.15, 0.2) is 140 Å². The molecule has 4 aromatic rings. The molecule has 170 valence electrons. The summed E-state index contributed by atoms with van der Waals surface area (Å²) in [6.07, 6.45) is -1.86. The number of rotatable bonds is 7. The van der Waals surface area contributed by atoms with Gasteiger partial charge in [-0.1, -0.05) is 127 Å². The Labute approximate surface area is 242 Å². The molecule has 0 aliphatic heterocycles. The molecule has 1 heteroatoms. The molecular formula is C34H29N. The van der Waals surface area contributed by atoms with E-state index in [1.54, 1.807) is 0 Å². The molecule has 0 bridgehead atoms. The number of hydrogen-bond donors (Lipinski definition) is 1. The van der Waals surface area contributed by atoms with Crippen molar-refractivity contribution in [3.63, 3.8) is 0 Å². The van der Waals surface area contributed by atoms with Crippen molar-refractivity contribution in [1.82, 2.24) is 0 Å². The van der Waals surface area contributed by atoms with Crippen molar-refractivity contribution < 1.29 is 32.9 Å². The van der Waals surface area contributed by atoms with E-state index < -0.39 is 190 Å². The van der Waals surface area contributed by atoms with Crippen LogP contribution in [0.2, 0.25) is 0 Å². The molecule has 35 heavy (non-hydrogen) atoms. The third-order valence-electron chi connectivity index (χ3n) is 4.52. The molecular weight excluding hydrogens is 422 g/mol. The van der Waals surface area contributed by atoms with E-state index in [1.165, 1.54) is 0 Å². The van der Waals surface area contributed by atoms with Crippen LogP contribution in [0.4, 0.5) is 5.69 Å². The van der Waals surface area contributed by atoms with Gasteiger partial charge < -0.3 is 5.32 Å². The van der Waals surface area contributed by atoms with Crippen LogP contribution in [0.5, 0.6) is 0 Å². The van der Waals surface area contributed by atoms with E-state index in [0.29, 0.717) is 6.55 Å². The summed E-state index contributed by atoms with van der Waals surface area (Å²) in [4.78, 5) is 0. The molecule has 0 aromatic heterocycles. The van der Waals surface area contributed by atoms with Crippen LogP contribution < -0.4 is 5.32 Å². The fourth-order valence-electron chi connectivity index (χ4n) is 2.91. The molecule has 0 saturated carbocycles. The van der Waals surface area contributed by atoms with E-state index in [9.17, 15) is 0 Å². The lowest BCUT2D eigenvalue weighted by molar-refractivity contribution is 0.886. The smallest absolute Gasteiger partial charge is 0.0645 e. The third kappa shape index (κ3) is 5.59. The van der Waals surface area contributed by atoms with Gasteiger partial charge in [0.1, 0.15) is 0 Å². The lowest BCUT2D eigenvalue weighted by Crippen LogP contribution is -2.17. The van der Waals surface area contributed by atoms with Gasteiger partial charge in [0.2, 0.25) is 0 Å². The summed E-state index contributed by atoms with van der Waals surface area (Å²) in [5.41, 5.74) is -4.84. The fourth-order valence-corrected chi connectivity index (χ4v) is 2.91. The second kappa shape index (κ2) is 10.7. The average molecular weight is 476 g/mol. The van der Waals surface area contributed by atoms with E-state index >= 15 is 0 Å². The largest absolute Gasteiger partial charge is 0.379 e. The molecule has 4 aromatic carbocycles. The highest BCUT2D eigenvalue weighted by Crippen LogP contribution is 2.28. The average Bonchev–Trinajstić information content (AvgIpc) is 3.21. The zero-order valence-corrected chi connectivity index (χ0v) is 17.8. The quantitative estimate of drug-likeness (QED) is 0.263. The number of nitrogens with one attached hydrogen (secondary N) is 1. The van der Waals surface area contributed by atoms with Crippen molar-refractivity contribution in [3.8, 4) is 22.3 Å². The molecule has 1 aliphatic rings. The van der Waals surface area contributed by atoms with Crippen molar-refractivity contribution in [2.45, 2.75) is 12.4 Å². The van der Waals surface area contributed by atoms with Crippen LogP contribution in [-0.4, -0.2) is 6.04 Å². The molecule has 1 nitrogen and oxygen atoms in total. The van der Waals surface area contributed by atoms with Crippen LogP contribution >= 0.6 is 0 Å². The summed E-state index contributed by atoms with van der Waals surface area (Å²) in [6, 6.07) is -18.9. The second-order valence-electron chi connectivity index (χ2n) is 6.82. The Morgan fingerprint density at radius 2 is 1.51 bits per heavy atom. The monoisotopic (exact) mass is 475 g/mol. The predicted octanol–water partition coefficient (Wildman–Crippen LogP) is 9.04. The third-order valence-corrected chi connectivity index (χ3v) is 4.52. The molecule has 0 radical (unpaired) electrons. The summed E-state index contributed by atoms with van der Waals surface area (Å²) in [7, 11) is 0. The standard InChI is InChI=1S/C34H29N/c1-2-3-8-26-9-7-12-32(25-26)31-15-13-28(14-16-31)30-19-23-34(24-20-30)35-33-21-17-29(18-22-33)27-10-5-4-6-11-27/h2-21,23-25,33,35H,1,22H2/b8-3-/i1D,2D,3D,4D,5D,6D,7D,8D,9D,10D,11D,12D,13D,14D,15D,16D,17D,18D,19D,20D,21D,22D,23D,24D/b2-1?,8-3-. The highest BCUT2D eigenvalue weighted by Gasteiger charge is 2.10. The first-order valence-electron chi connectivity index (χ1n) is 22.2. The molecule has 1 aliphatic carbocycles. The molecule has 5 rings (SSSR count). The maximum Gasteiger partial charge on any atom is 0.0645 e. The Kier molecular flexibility index (Phi) is 2.40. The van der Waals surface area contributed by atoms with Gasteiger partial charge in [-0.25, -0.2) is 0 Å². The molecule has 0 fully saturated rings. The van der Waals surface area contributed by atoms with Gasteiger partial charge in [0.25, 0.3) is 0 Å². The van der Waals surface area contributed by atoms with Gasteiger partial charge in [-0.2, -0.15) is 0 Å². The molecule has 2 unspecified atom stereocenters. The van der Waals surface area contributed by atoms with E-state index in [-0.39, 0.29) is 0 Å². The fraction of sp³-hybridized carbons (Fsp3) is 0.0588. The van der Waals surface area contributed by atoms with Gasteiger partial charge >= 0.3 is 0 Å².